The summed E-state index contributed by atoms with van der Waals surface area (Å²) in [6.07, 6.45) is 2.18. The average molecular weight is 321 g/mol. The van der Waals surface area contributed by atoms with Gasteiger partial charge in [-0.1, -0.05) is 30.7 Å². The molecule has 2 rings (SSSR count). The summed E-state index contributed by atoms with van der Waals surface area (Å²) in [7, 11) is 0. The Bertz CT molecular complexity index is 691. The molecule has 2 N–H and O–H groups in total. The van der Waals surface area contributed by atoms with Crippen molar-refractivity contribution >= 4 is 17.2 Å². The first-order chi connectivity index (χ1) is 10.3. The van der Waals surface area contributed by atoms with Crippen molar-refractivity contribution in [1.82, 2.24) is 0 Å². The lowest BCUT2D eigenvalue weighted by molar-refractivity contribution is 0.108. The summed E-state index contributed by atoms with van der Waals surface area (Å²) < 4.78 is 13.2. The number of hydrogen-bond acceptors (Lipinski definition) is 2. The van der Waals surface area contributed by atoms with Crippen molar-refractivity contribution in [3.8, 4) is 5.75 Å². The van der Waals surface area contributed by atoms with Crippen LogP contribution in [0.3, 0.4) is 0 Å². The summed E-state index contributed by atoms with van der Waals surface area (Å²) in [5.74, 6) is -0.333. The Balaban J connectivity index is 2.62. The van der Waals surface area contributed by atoms with Crippen molar-refractivity contribution in [2.24, 2.45) is 0 Å². The predicted octanol–water partition coefficient (Wildman–Crippen LogP) is 4.78. The van der Waals surface area contributed by atoms with Crippen LogP contribution in [0, 0.1) is 5.82 Å². The summed E-state index contributed by atoms with van der Waals surface area (Å²) >= 11 is 5.87. The summed E-state index contributed by atoms with van der Waals surface area (Å²) in [5, 5.41) is 20.9. The van der Waals surface area contributed by atoms with Crippen molar-refractivity contribution in [2.75, 3.05) is 0 Å². The van der Waals surface area contributed by atoms with Crippen LogP contribution in [0.1, 0.15) is 31.4 Å². The minimum Gasteiger partial charge on any atom is -0.507 e. The topological polar surface area (TPSA) is 40.5 Å². The Hall–Kier alpha value is -1.84. The number of phenolic OH excluding ortho intramolecular Hbond substituents is 1. The lowest BCUT2D eigenvalue weighted by atomic mass is 9.91. The van der Waals surface area contributed by atoms with Crippen molar-refractivity contribution in [3.63, 3.8) is 0 Å². The molecule has 0 aliphatic rings. The van der Waals surface area contributed by atoms with Crippen LogP contribution in [-0.4, -0.2) is 15.8 Å². The molecule has 0 aliphatic carbocycles. The van der Waals surface area contributed by atoms with E-state index in [1.807, 2.05) is 6.92 Å². The molecular formula is C18H18ClFO2. The van der Waals surface area contributed by atoms with Crippen molar-refractivity contribution < 1.29 is 14.6 Å². The SMILES string of the molecule is CCC(C)(O)/C=C(/c1ccc(F)cc1)c1ccc(Cl)cc1O. The first-order valence-electron chi connectivity index (χ1n) is 7.02. The second-order valence-electron chi connectivity index (χ2n) is 5.44. The van der Waals surface area contributed by atoms with Gasteiger partial charge >= 0.3 is 0 Å². The predicted molar refractivity (Wildman–Crippen MR) is 87.5 cm³/mol. The zero-order valence-corrected chi connectivity index (χ0v) is 13.2. The average Bonchev–Trinajstić information content (AvgIpc) is 2.46. The number of phenols is 1. The number of aliphatic hydroxyl groups is 1. The standard InChI is InChI=1S/C18H18ClFO2/c1-3-18(2,22)11-16(12-4-7-14(20)8-5-12)15-9-6-13(19)10-17(15)21/h4-11,21-22H,3H2,1-2H3/b16-11-. The molecule has 0 spiro atoms. The largest absolute Gasteiger partial charge is 0.507 e. The summed E-state index contributed by atoms with van der Waals surface area (Å²) in [6, 6.07) is 10.7. The van der Waals surface area contributed by atoms with Gasteiger partial charge < -0.3 is 10.2 Å². The molecule has 1 unspecified atom stereocenters. The van der Waals surface area contributed by atoms with Gasteiger partial charge in [-0.15, -0.1) is 0 Å². The molecule has 0 bridgehead atoms. The fraction of sp³-hybridized carbons (Fsp3) is 0.222. The first-order valence-corrected chi connectivity index (χ1v) is 7.40. The summed E-state index contributed by atoms with van der Waals surface area (Å²) in [5.41, 5.74) is 0.814. The highest BCUT2D eigenvalue weighted by atomic mass is 35.5. The highest BCUT2D eigenvalue weighted by molar-refractivity contribution is 6.30. The minimum absolute atomic E-state index is 0.00924. The van der Waals surface area contributed by atoms with Crippen LogP contribution in [0.2, 0.25) is 5.02 Å². The Morgan fingerprint density at radius 3 is 2.41 bits per heavy atom. The van der Waals surface area contributed by atoms with Gasteiger partial charge in [-0.2, -0.15) is 0 Å². The molecule has 0 amide bonds. The zero-order chi connectivity index (χ0) is 16.3. The van der Waals surface area contributed by atoms with Gasteiger partial charge in [-0.05, 0) is 60.9 Å². The quantitative estimate of drug-likeness (QED) is 0.851. The van der Waals surface area contributed by atoms with Gasteiger partial charge in [0.05, 0.1) is 5.60 Å². The lowest BCUT2D eigenvalue weighted by Gasteiger charge is -2.20. The van der Waals surface area contributed by atoms with E-state index in [-0.39, 0.29) is 11.6 Å². The third-order valence-electron chi connectivity index (χ3n) is 3.58. The highest BCUT2D eigenvalue weighted by Gasteiger charge is 2.19. The molecular weight excluding hydrogens is 303 g/mol. The second kappa shape index (κ2) is 6.51. The van der Waals surface area contributed by atoms with E-state index in [1.165, 1.54) is 18.2 Å². The van der Waals surface area contributed by atoms with Gasteiger partial charge in [0.25, 0.3) is 0 Å². The lowest BCUT2D eigenvalue weighted by Crippen LogP contribution is -2.19. The van der Waals surface area contributed by atoms with E-state index in [9.17, 15) is 14.6 Å². The van der Waals surface area contributed by atoms with Crippen LogP contribution in [-0.2, 0) is 0 Å². The van der Waals surface area contributed by atoms with E-state index in [0.29, 0.717) is 28.1 Å². The number of rotatable bonds is 4. The Morgan fingerprint density at radius 2 is 1.86 bits per heavy atom. The Labute approximate surface area is 134 Å². The molecule has 0 saturated heterocycles. The monoisotopic (exact) mass is 320 g/mol. The van der Waals surface area contributed by atoms with E-state index < -0.39 is 5.60 Å². The fourth-order valence-corrected chi connectivity index (χ4v) is 2.26. The molecule has 2 aromatic carbocycles. The Morgan fingerprint density at radius 1 is 1.23 bits per heavy atom. The fourth-order valence-electron chi connectivity index (χ4n) is 2.09. The molecule has 2 aromatic rings. The van der Waals surface area contributed by atoms with Crippen LogP contribution in [0.4, 0.5) is 4.39 Å². The maximum absolute atomic E-state index is 13.2. The molecule has 0 radical (unpaired) electrons. The van der Waals surface area contributed by atoms with Gasteiger partial charge in [-0.25, -0.2) is 4.39 Å². The molecule has 4 heteroatoms. The molecule has 116 valence electrons. The number of benzene rings is 2. The molecule has 0 heterocycles. The molecule has 0 aromatic heterocycles. The first kappa shape index (κ1) is 16.5. The minimum atomic E-state index is -1.05. The Kier molecular flexibility index (Phi) is 4.89. The third-order valence-corrected chi connectivity index (χ3v) is 3.81. The van der Waals surface area contributed by atoms with Gasteiger partial charge in [0.2, 0.25) is 0 Å². The number of aromatic hydroxyl groups is 1. The van der Waals surface area contributed by atoms with Crippen molar-refractivity contribution in [2.45, 2.75) is 25.9 Å². The van der Waals surface area contributed by atoms with Crippen LogP contribution >= 0.6 is 11.6 Å². The van der Waals surface area contributed by atoms with Crippen molar-refractivity contribution in [3.05, 3.63) is 70.5 Å². The molecule has 0 saturated carbocycles. The molecule has 1 atom stereocenters. The molecule has 0 fully saturated rings. The van der Waals surface area contributed by atoms with Crippen LogP contribution in [0.15, 0.2) is 48.5 Å². The molecule has 0 aliphatic heterocycles. The zero-order valence-electron chi connectivity index (χ0n) is 12.5. The van der Waals surface area contributed by atoms with Crippen LogP contribution < -0.4 is 0 Å². The maximum atomic E-state index is 13.2. The van der Waals surface area contributed by atoms with Gasteiger partial charge in [0.15, 0.2) is 0 Å². The third kappa shape index (κ3) is 3.87. The van der Waals surface area contributed by atoms with Gasteiger partial charge in [0, 0.05) is 10.6 Å². The van der Waals surface area contributed by atoms with E-state index in [0.717, 1.165) is 0 Å². The molecule has 22 heavy (non-hydrogen) atoms. The highest BCUT2D eigenvalue weighted by Crippen LogP contribution is 2.34. The number of hydrogen-bond donors (Lipinski definition) is 2. The van der Waals surface area contributed by atoms with Crippen molar-refractivity contribution in [1.29, 1.82) is 0 Å². The second-order valence-corrected chi connectivity index (χ2v) is 5.87. The van der Waals surface area contributed by atoms with E-state index in [4.69, 9.17) is 11.6 Å². The summed E-state index contributed by atoms with van der Waals surface area (Å²) in [4.78, 5) is 0. The van der Waals surface area contributed by atoms with E-state index >= 15 is 0 Å². The van der Waals surface area contributed by atoms with Crippen LogP contribution in [0.25, 0.3) is 5.57 Å². The van der Waals surface area contributed by atoms with Gasteiger partial charge in [0.1, 0.15) is 11.6 Å². The van der Waals surface area contributed by atoms with Crippen LogP contribution in [0.5, 0.6) is 5.75 Å². The van der Waals surface area contributed by atoms with Gasteiger partial charge in [-0.3, -0.25) is 0 Å². The smallest absolute Gasteiger partial charge is 0.124 e. The van der Waals surface area contributed by atoms with E-state index in [1.54, 1.807) is 37.3 Å². The number of halogens is 2. The summed E-state index contributed by atoms with van der Waals surface area (Å²) in [6.45, 7) is 3.55. The molecule has 2 nitrogen and oxygen atoms in total. The maximum Gasteiger partial charge on any atom is 0.124 e. The normalized spacial score (nSPS) is 14.7. The van der Waals surface area contributed by atoms with E-state index in [2.05, 4.69) is 0 Å².